The van der Waals surface area contributed by atoms with Crippen LogP contribution in [-0.4, -0.2) is 70.4 Å². The number of carbonyl (C=O) groups excluding carboxylic acids is 2. The molecule has 0 spiro atoms. The highest BCUT2D eigenvalue weighted by molar-refractivity contribution is 7.47. The van der Waals surface area contributed by atoms with Gasteiger partial charge >= 0.3 is 27.6 Å². The van der Waals surface area contributed by atoms with Gasteiger partial charge in [0.1, 0.15) is 12.7 Å². The second-order valence-electron chi connectivity index (χ2n) is 15.2. The Kier molecular flexibility index (Phi) is 32.7. The number of phosphoric acid groups is 2. The lowest BCUT2D eigenvalue weighted by molar-refractivity contribution is -0.161. The van der Waals surface area contributed by atoms with Crippen molar-refractivity contribution >= 4 is 27.6 Å². The van der Waals surface area contributed by atoms with Gasteiger partial charge in [-0.05, 0) is 24.7 Å². The third-order valence-electron chi connectivity index (χ3n) is 8.84. The number of aliphatic hydroxyl groups excluding tert-OH is 1. The molecule has 3 atom stereocenters. The van der Waals surface area contributed by atoms with E-state index >= 15 is 0 Å². The van der Waals surface area contributed by atoms with E-state index < -0.39 is 59.6 Å². The van der Waals surface area contributed by atoms with Crippen molar-refractivity contribution < 1.29 is 61.6 Å². The van der Waals surface area contributed by atoms with Gasteiger partial charge in [-0.15, -0.1) is 0 Å². The maximum absolute atomic E-state index is 12.6. The molecule has 0 bridgehead atoms. The van der Waals surface area contributed by atoms with Crippen LogP contribution in [0.5, 0.6) is 0 Å². The highest BCUT2D eigenvalue weighted by atomic mass is 31.2. The van der Waals surface area contributed by atoms with E-state index in [9.17, 15) is 28.7 Å². The Hall–Kier alpha value is -0.880. The monoisotopic (exact) mass is 802 g/mol. The largest absolute Gasteiger partial charge is 0.472 e. The first kappa shape index (κ1) is 52.1. The molecule has 0 saturated carbocycles. The predicted molar refractivity (Wildman–Crippen MR) is 207 cm³/mol. The summed E-state index contributed by atoms with van der Waals surface area (Å²) in [4.78, 5) is 52.5. The van der Waals surface area contributed by atoms with E-state index in [0.717, 1.165) is 44.4 Å². The molecule has 0 fully saturated rings. The summed E-state index contributed by atoms with van der Waals surface area (Å²) in [5, 5.41) is 9.71. The normalized spacial score (nSPS) is 14.4. The van der Waals surface area contributed by atoms with Crippen molar-refractivity contribution in [3.8, 4) is 0 Å². The van der Waals surface area contributed by atoms with E-state index in [1.54, 1.807) is 0 Å². The first-order valence-corrected chi connectivity index (χ1v) is 23.5. The van der Waals surface area contributed by atoms with Gasteiger partial charge in [-0.3, -0.25) is 23.2 Å². The van der Waals surface area contributed by atoms with Crippen LogP contribution in [0.1, 0.15) is 182 Å². The third-order valence-corrected chi connectivity index (χ3v) is 10.3. The van der Waals surface area contributed by atoms with E-state index in [2.05, 4.69) is 36.7 Å². The maximum atomic E-state index is 12.6. The first-order valence-electron chi connectivity index (χ1n) is 20.4. The van der Waals surface area contributed by atoms with Crippen LogP contribution in [0.4, 0.5) is 0 Å². The van der Waals surface area contributed by atoms with Gasteiger partial charge in [0.25, 0.3) is 0 Å². The number of hydrogen-bond acceptors (Lipinski definition) is 10. The molecule has 0 amide bonds. The number of unbranched alkanes of at least 4 members (excludes halogenated alkanes) is 18. The summed E-state index contributed by atoms with van der Waals surface area (Å²) in [6, 6.07) is 0. The van der Waals surface area contributed by atoms with Gasteiger partial charge in [0.2, 0.25) is 0 Å². The molecule has 0 rings (SSSR count). The second-order valence-corrected chi connectivity index (χ2v) is 17.9. The lowest BCUT2D eigenvalue weighted by Gasteiger charge is -2.20. The Morgan fingerprint density at radius 1 is 0.491 bits per heavy atom. The summed E-state index contributed by atoms with van der Waals surface area (Å²) in [7, 11) is -9.65. The smallest absolute Gasteiger partial charge is 0.462 e. The number of carbonyl (C=O) groups is 2. The fraction of sp³-hybridized carbons (Fsp3) is 0.947. The Morgan fingerprint density at radius 3 is 1.26 bits per heavy atom. The van der Waals surface area contributed by atoms with Crippen molar-refractivity contribution in [1.29, 1.82) is 0 Å². The topological polar surface area (TPSA) is 195 Å². The van der Waals surface area contributed by atoms with Crippen molar-refractivity contribution in [2.45, 2.75) is 194 Å². The summed E-state index contributed by atoms with van der Waals surface area (Å²) in [6.07, 6.45) is 22.8. The van der Waals surface area contributed by atoms with Crippen molar-refractivity contribution in [3.05, 3.63) is 0 Å². The Bertz CT molecular complexity index is 989. The number of rotatable bonds is 38. The molecule has 0 saturated heterocycles. The molecule has 0 aromatic heterocycles. The minimum absolute atomic E-state index is 0.137. The number of phosphoric ester groups is 2. The van der Waals surface area contributed by atoms with Crippen molar-refractivity contribution in [3.63, 3.8) is 0 Å². The number of ether oxygens (including phenoxy) is 2. The molecule has 316 valence electrons. The number of hydrogen-bond donors (Lipinski definition) is 4. The predicted octanol–water partition coefficient (Wildman–Crippen LogP) is 9.72. The molecule has 0 radical (unpaired) electrons. The van der Waals surface area contributed by atoms with Gasteiger partial charge in [0.15, 0.2) is 6.10 Å². The van der Waals surface area contributed by atoms with Crippen LogP contribution in [0.2, 0.25) is 0 Å². The Balaban J connectivity index is 4.47. The quantitative estimate of drug-likeness (QED) is 0.0262. The molecule has 53 heavy (non-hydrogen) atoms. The molecule has 0 aliphatic carbocycles. The zero-order valence-electron chi connectivity index (χ0n) is 33.5. The summed E-state index contributed by atoms with van der Waals surface area (Å²) < 4.78 is 47.6. The molecule has 13 nitrogen and oxygen atoms in total. The van der Waals surface area contributed by atoms with Crippen LogP contribution in [-0.2, 0) is 41.8 Å². The van der Waals surface area contributed by atoms with Crippen LogP contribution in [0.3, 0.4) is 0 Å². The molecule has 0 heterocycles. The van der Waals surface area contributed by atoms with Crippen LogP contribution in [0.15, 0.2) is 0 Å². The lowest BCUT2D eigenvalue weighted by atomic mass is 10.0. The highest BCUT2D eigenvalue weighted by Gasteiger charge is 2.28. The summed E-state index contributed by atoms with van der Waals surface area (Å²) in [5.74, 6) is 0.486. The zero-order chi connectivity index (χ0) is 39.8. The van der Waals surface area contributed by atoms with Crippen molar-refractivity contribution in [2.75, 3.05) is 26.4 Å². The molecule has 0 aromatic rings. The van der Waals surface area contributed by atoms with Gasteiger partial charge in [-0.1, -0.05) is 156 Å². The number of aliphatic hydroxyl groups is 1. The fourth-order valence-electron chi connectivity index (χ4n) is 5.72. The SMILES string of the molecule is CC(C)CCCCCCCCCCCCCCCCC(=O)O[C@H](COC(=O)CCCCCCCCC(C)C)COP(=O)(O)OC[C@@H](O)COP(=O)(O)O. The summed E-state index contributed by atoms with van der Waals surface area (Å²) in [5.41, 5.74) is 0. The average Bonchev–Trinajstić information content (AvgIpc) is 3.08. The van der Waals surface area contributed by atoms with E-state index in [4.69, 9.17) is 23.8 Å². The fourth-order valence-corrected chi connectivity index (χ4v) is 6.87. The first-order chi connectivity index (χ1) is 25.1. The summed E-state index contributed by atoms with van der Waals surface area (Å²) in [6.45, 7) is 6.31. The molecule has 0 aliphatic rings. The summed E-state index contributed by atoms with van der Waals surface area (Å²) >= 11 is 0. The molecule has 0 aliphatic heterocycles. The minimum atomic E-state index is -4.85. The van der Waals surface area contributed by atoms with Crippen LogP contribution >= 0.6 is 15.6 Å². The standard InChI is InChI=1S/C38H76O13P2/c1-33(2)25-21-17-13-11-9-7-5-6-8-10-12-14-20-24-28-38(41)51-36(31-47-37(40)27-23-19-16-15-18-22-26-34(3)4)32-50-53(45,46)49-30-35(39)29-48-52(42,43)44/h33-36,39H,5-32H2,1-4H3,(H,45,46)(H2,42,43,44)/t35-,36+/m0/s1. The molecule has 15 heteroatoms. The van der Waals surface area contributed by atoms with Gasteiger partial charge in [0, 0.05) is 12.8 Å². The number of esters is 2. The van der Waals surface area contributed by atoms with E-state index in [1.165, 1.54) is 89.9 Å². The van der Waals surface area contributed by atoms with Crippen LogP contribution < -0.4 is 0 Å². The minimum Gasteiger partial charge on any atom is -0.462 e. The molecular formula is C38H76O13P2. The van der Waals surface area contributed by atoms with Crippen LogP contribution in [0, 0.1) is 11.8 Å². The van der Waals surface area contributed by atoms with Crippen molar-refractivity contribution in [2.24, 2.45) is 11.8 Å². The molecular weight excluding hydrogens is 726 g/mol. The molecule has 1 unspecified atom stereocenters. The van der Waals surface area contributed by atoms with Gasteiger partial charge in [-0.2, -0.15) is 0 Å². The third kappa shape index (κ3) is 39.2. The highest BCUT2D eigenvalue weighted by Crippen LogP contribution is 2.43. The zero-order valence-corrected chi connectivity index (χ0v) is 35.3. The maximum Gasteiger partial charge on any atom is 0.472 e. The van der Waals surface area contributed by atoms with Gasteiger partial charge in [0.05, 0.1) is 19.8 Å². The Morgan fingerprint density at radius 2 is 0.849 bits per heavy atom. The molecule has 4 N–H and O–H groups in total. The average molecular weight is 803 g/mol. The van der Waals surface area contributed by atoms with E-state index in [-0.39, 0.29) is 19.4 Å². The van der Waals surface area contributed by atoms with Gasteiger partial charge in [-0.25, -0.2) is 9.13 Å². The molecule has 0 aromatic carbocycles. The Labute approximate surface area is 320 Å². The lowest BCUT2D eigenvalue weighted by Crippen LogP contribution is -2.30. The van der Waals surface area contributed by atoms with Crippen LogP contribution in [0.25, 0.3) is 0 Å². The van der Waals surface area contributed by atoms with Gasteiger partial charge < -0.3 is 29.3 Å². The van der Waals surface area contributed by atoms with Crippen molar-refractivity contribution in [1.82, 2.24) is 0 Å². The van der Waals surface area contributed by atoms with E-state index in [1.807, 2.05) is 0 Å². The van der Waals surface area contributed by atoms with E-state index in [0.29, 0.717) is 18.8 Å². The second kappa shape index (κ2) is 33.3.